The third-order valence-corrected chi connectivity index (χ3v) is 3.43. The first-order valence-corrected chi connectivity index (χ1v) is 5.77. The number of methoxy groups -OCH3 is 1. The summed E-state index contributed by atoms with van der Waals surface area (Å²) in [5.74, 6) is 0.714. The normalized spacial score (nSPS) is 19.2. The molecular formula is C12H15ClN2O2. The molecular weight excluding hydrogens is 240 g/mol. The maximum Gasteiger partial charge on any atom is 0.228 e. The van der Waals surface area contributed by atoms with E-state index in [1.807, 2.05) is 13.1 Å². The number of fused-ring (bicyclic) bond motifs is 1. The Balaban J connectivity index is 2.57. The third-order valence-electron chi connectivity index (χ3n) is 3.14. The summed E-state index contributed by atoms with van der Waals surface area (Å²) < 4.78 is 5.20. The highest BCUT2D eigenvalue weighted by Crippen LogP contribution is 2.39. The van der Waals surface area contributed by atoms with E-state index in [0.717, 1.165) is 11.3 Å². The molecule has 2 rings (SSSR count). The molecule has 17 heavy (non-hydrogen) atoms. The lowest BCUT2D eigenvalue weighted by atomic mass is 9.96. The van der Waals surface area contributed by atoms with E-state index in [4.69, 9.17) is 16.3 Å². The highest BCUT2D eigenvalue weighted by Gasteiger charge is 2.29. The molecule has 0 aliphatic carbocycles. The van der Waals surface area contributed by atoms with Crippen LogP contribution in [0, 0.1) is 0 Å². The van der Waals surface area contributed by atoms with Gasteiger partial charge in [0.25, 0.3) is 0 Å². The van der Waals surface area contributed by atoms with Gasteiger partial charge in [-0.1, -0.05) is 11.6 Å². The number of nitrogens with zero attached hydrogens (tertiary/aromatic N) is 1. The summed E-state index contributed by atoms with van der Waals surface area (Å²) in [6.45, 7) is 0. The molecule has 1 aliphatic rings. The molecule has 1 N–H and O–H groups in total. The Morgan fingerprint density at radius 3 is 2.82 bits per heavy atom. The van der Waals surface area contributed by atoms with Crippen LogP contribution in [-0.2, 0) is 4.79 Å². The van der Waals surface area contributed by atoms with Crippen LogP contribution >= 0.6 is 11.6 Å². The van der Waals surface area contributed by atoms with Gasteiger partial charge in [0.15, 0.2) is 0 Å². The number of carbonyl (C=O) groups is 1. The Morgan fingerprint density at radius 2 is 2.24 bits per heavy atom. The average molecular weight is 255 g/mol. The monoisotopic (exact) mass is 254 g/mol. The van der Waals surface area contributed by atoms with Gasteiger partial charge in [-0.05, 0) is 24.7 Å². The minimum atomic E-state index is 0.0138. The molecule has 0 fully saturated rings. The van der Waals surface area contributed by atoms with Crippen molar-refractivity contribution in [3.8, 4) is 5.75 Å². The largest absolute Gasteiger partial charge is 0.495 e. The Bertz CT molecular complexity index is 462. The third kappa shape index (κ3) is 1.98. The van der Waals surface area contributed by atoms with Crippen LogP contribution in [0.2, 0.25) is 5.02 Å². The smallest absolute Gasteiger partial charge is 0.228 e. The number of rotatable bonds is 2. The number of nitrogens with one attached hydrogen (secondary N) is 1. The first-order valence-electron chi connectivity index (χ1n) is 5.39. The molecule has 0 spiro atoms. The summed E-state index contributed by atoms with van der Waals surface area (Å²) in [6, 6.07) is 3.68. The number of ether oxygens (including phenoxy) is 1. The SMILES string of the molecule is CNC1CC(=O)N(C)c2cc(Cl)c(OC)cc21. The molecule has 1 aromatic carbocycles. The van der Waals surface area contributed by atoms with E-state index in [0.29, 0.717) is 17.2 Å². The van der Waals surface area contributed by atoms with Crippen molar-refractivity contribution in [2.24, 2.45) is 0 Å². The fourth-order valence-corrected chi connectivity index (χ4v) is 2.33. The van der Waals surface area contributed by atoms with Gasteiger partial charge in [0, 0.05) is 25.2 Å². The van der Waals surface area contributed by atoms with E-state index < -0.39 is 0 Å². The van der Waals surface area contributed by atoms with Crippen LogP contribution < -0.4 is 15.0 Å². The molecule has 0 bridgehead atoms. The van der Waals surface area contributed by atoms with Crippen molar-refractivity contribution in [1.82, 2.24) is 5.32 Å². The molecule has 1 amide bonds. The molecule has 1 atom stereocenters. The predicted octanol–water partition coefficient (Wildman–Crippen LogP) is 1.98. The maximum atomic E-state index is 11.8. The number of hydrogen-bond donors (Lipinski definition) is 1. The lowest BCUT2D eigenvalue weighted by Gasteiger charge is -2.32. The second kappa shape index (κ2) is 4.55. The molecule has 0 saturated carbocycles. The van der Waals surface area contributed by atoms with Crippen LogP contribution in [0.3, 0.4) is 0 Å². The molecule has 0 saturated heterocycles. The maximum absolute atomic E-state index is 11.8. The Kier molecular flexibility index (Phi) is 3.26. The van der Waals surface area contributed by atoms with Gasteiger partial charge in [-0.2, -0.15) is 0 Å². The van der Waals surface area contributed by atoms with Crippen molar-refractivity contribution >= 4 is 23.2 Å². The second-order valence-electron chi connectivity index (χ2n) is 4.04. The summed E-state index contributed by atoms with van der Waals surface area (Å²) in [5, 5.41) is 3.65. The van der Waals surface area contributed by atoms with E-state index in [-0.39, 0.29) is 11.9 Å². The number of benzene rings is 1. The first kappa shape index (κ1) is 12.2. The summed E-state index contributed by atoms with van der Waals surface area (Å²) in [6.07, 6.45) is 0.449. The van der Waals surface area contributed by atoms with E-state index >= 15 is 0 Å². The Hall–Kier alpha value is -1.26. The highest BCUT2D eigenvalue weighted by molar-refractivity contribution is 6.32. The van der Waals surface area contributed by atoms with Crippen molar-refractivity contribution in [1.29, 1.82) is 0 Å². The predicted molar refractivity (Wildman–Crippen MR) is 67.8 cm³/mol. The topological polar surface area (TPSA) is 41.6 Å². The standard InChI is InChI=1S/C12H15ClN2O2/c1-14-9-6-12(16)15(2)10-5-8(13)11(17-3)4-7(9)10/h4-5,9,14H,6H2,1-3H3. The van der Waals surface area contributed by atoms with Crippen molar-refractivity contribution in [3.63, 3.8) is 0 Å². The van der Waals surface area contributed by atoms with Gasteiger partial charge < -0.3 is 15.0 Å². The molecule has 4 nitrogen and oxygen atoms in total. The molecule has 1 unspecified atom stereocenters. The molecule has 1 aliphatic heterocycles. The van der Waals surface area contributed by atoms with Crippen molar-refractivity contribution in [2.45, 2.75) is 12.5 Å². The zero-order valence-corrected chi connectivity index (χ0v) is 10.8. The lowest BCUT2D eigenvalue weighted by Crippen LogP contribution is -2.36. The number of anilines is 1. The van der Waals surface area contributed by atoms with Crippen LogP contribution in [0.25, 0.3) is 0 Å². The summed E-state index contributed by atoms with van der Waals surface area (Å²) in [4.78, 5) is 13.4. The van der Waals surface area contributed by atoms with Crippen LogP contribution in [-0.4, -0.2) is 27.1 Å². The quantitative estimate of drug-likeness (QED) is 0.878. The zero-order chi connectivity index (χ0) is 12.6. The summed E-state index contributed by atoms with van der Waals surface area (Å²) in [7, 11) is 5.18. The molecule has 1 aromatic rings. The number of carbonyl (C=O) groups excluding carboxylic acids is 1. The Labute approximate surface area is 106 Å². The molecule has 92 valence electrons. The first-order chi connectivity index (χ1) is 8.08. The van der Waals surface area contributed by atoms with Crippen LogP contribution in [0.4, 0.5) is 5.69 Å². The van der Waals surface area contributed by atoms with Crippen LogP contribution in [0.5, 0.6) is 5.75 Å². The summed E-state index contributed by atoms with van der Waals surface area (Å²) >= 11 is 6.08. The molecule has 5 heteroatoms. The van der Waals surface area contributed by atoms with E-state index in [1.165, 1.54) is 0 Å². The van der Waals surface area contributed by atoms with E-state index in [9.17, 15) is 4.79 Å². The van der Waals surface area contributed by atoms with Crippen LogP contribution in [0.15, 0.2) is 12.1 Å². The fraction of sp³-hybridized carbons (Fsp3) is 0.417. The minimum absolute atomic E-state index is 0.0138. The highest BCUT2D eigenvalue weighted by atomic mass is 35.5. The van der Waals surface area contributed by atoms with Gasteiger partial charge in [0.2, 0.25) is 5.91 Å². The van der Waals surface area contributed by atoms with Gasteiger partial charge in [0.1, 0.15) is 5.75 Å². The average Bonchev–Trinajstić information content (AvgIpc) is 2.33. The number of halogens is 1. The van der Waals surface area contributed by atoms with E-state index in [1.54, 1.807) is 25.1 Å². The molecule has 1 heterocycles. The van der Waals surface area contributed by atoms with Crippen molar-refractivity contribution in [3.05, 3.63) is 22.7 Å². The van der Waals surface area contributed by atoms with Crippen molar-refractivity contribution in [2.75, 3.05) is 26.1 Å². The zero-order valence-electron chi connectivity index (χ0n) is 10.1. The number of hydrogen-bond acceptors (Lipinski definition) is 3. The molecule has 0 radical (unpaired) electrons. The van der Waals surface area contributed by atoms with Crippen molar-refractivity contribution < 1.29 is 9.53 Å². The van der Waals surface area contributed by atoms with Gasteiger partial charge in [-0.3, -0.25) is 4.79 Å². The second-order valence-corrected chi connectivity index (χ2v) is 4.45. The van der Waals surface area contributed by atoms with Gasteiger partial charge >= 0.3 is 0 Å². The van der Waals surface area contributed by atoms with Crippen LogP contribution in [0.1, 0.15) is 18.0 Å². The Morgan fingerprint density at radius 1 is 1.53 bits per heavy atom. The lowest BCUT2D eigenvalue weighted by molar-refractivity contribution is -0.119. The molecule has 0 aromatic heterocycles. The van der Waals surface area contributed by atoms with Gasteiger partial charge in [0.05, 0.1) is 12.1 Å². The summed E-state index contributed by atoms with van der Waals surface area (Å²) in [5.41, 5.74) is 1.88. The number of amides is 1. The van der Waals surface area contributed by atoms with Gasteiger partial charge in [-0.25, -0.2) is 0 Å². The fourth-order valence-electron chi connectivity index (χ4n) is 2.10. The minimum Gasteiger partial charge on any atom is -0.495 e. The van der Waals surface area contributed by atoms with Gasteiger partial charge in [-0.15, -0.1) is 0 Å². The van der Waals surface area contributed by atoms with E-state index in [2.05, 4.69) is 5.32 Å².